The predicted molar refractivity (Wildman–Crippen MR) is 103 cm³/mol. The Morgan fingerprint density at radius 3 is 2.24 bits per heavy atom. The van der Waals surface area contributed by atoms with Crippen molar-refractivity contribution in [2.45, 2.75) is 6.92 Å². The van der Waals surface area contributed by atoms with Gasteiger partial charge in [0.2, 0.25) is 0 Å². The molecule has 0 aliphatic carbocycles. The molecule has 1 amide bonds. The van der Waals surface area contributed by atoms with Crippen LogP contribution in [0.25, 0.3) is 0 Å². The van der Waals surface area contributed by atoms with Crippen LogP contribution in [0.3, 0.4) is 0 Å². The molecular weight excluding hydrogens is 404 g/mol. The van der Waals surface area contributed by atoms with E-state index in [1.165, 1.54) is 6.07 Å². The van der Waals surface area contributed by atoms with E-state index in [1.54, 1.807) is 55.5 Å². The molecule has 0 aliphatic rings. The number of halogens is 3. The minimum atomic E-state index is -3.69. The Hall–Kier alpha value is -1.29. The summed E-state index contributed by atoms with van der Waals surface area (Å²) in [5, 5.41) is 3.11. The Bertz CT molecular complexity index is 836. The number of carbonyl (C=O) groups is 1. The molecule has 0 radical (unpaired) electrons. The summed E-state index contributed by atoms with van der Waals surface area (Å²) < 4.78 is 18.7. The number of carbonyl (C=O) groups excluding carboxylic acids is 1. The molecule has 0 aromatic heterocycles. The summed E-state index contributed by atoms with van der Waals surface area (Å²) in [6, 6.07) is 14.9. The fraction of sp³-hybridized carbons (Fsp3) is 0.118. The molecule has 0 fully saturated rings. The zero-order chi connectivity index (χ0) is 18.4. The van der Waals surface area contributed by atoms with Crippen LogP contribution in [0.15, 0.2) is 64.5 Å². The molecule has 0 unspecified atom stereocenters. The highest BCUT2D eigenvalue weighted by Crippen LogP contribution is 2.54. The van der Waals surface area contributed by atoms with Gasteiger partial charge in [-0.15, -0.1) is 0 Å². The standard InChI is InChI=1S/C17H15Cl3NO3P/c1-2-24-25(23,12-8-4-3-5-9-12)17(15(19)20)21-16(22)13-10-6-7-11-14(13)18/h3-11H,2H2,1H3,(H,21,22)/t25-/m0/s1. The van der Waals surface area contributed by atoms with E-state index in [9.17, 15) is 9.36 Å². The molecule has 0 spiro atoms. The smallest absolute Gasteiger partial charge is 0.279 e. The minimum absolute atomic E-state index is 0.138. The van der Waals surface area contributed by atoms with E-state index in [1.807, 2.05) is 0 Å². The van der Waals surface area contributed by atoms with Crippen molar-refractivity contribution in [3.63, 3.8) is 0 Å². The van der Waals surface area contributed by atoms with Gasteiger partial charge in [-0.2, -0.15) is 0 Å². The highest BCUT2D eigenvalue weighted by Gasteiger charge is 2.34. The fourth-order valence-electron chi connectivity index (χ4n) is 2.13. The highest BCUT2D eigenvalue weighted by atomic mass is 35.5. The van der Waals surface area contributed by atoms with Crippen molar-refractivity contribution >= 4 is 53.4 Å². The van der Waals surface area contributed by atoms with E-state index in [0.717, 1.165) is 0 Å². The molecular formula is C17H15Cl3NO3P. The second kappa shape index (κ2) is 8.88. The molecule has 25 heavy (non-hydrogen) atoms. The summed E-state index contributed by atoms with van der Waals surface area (Å²) in [4.78, 5) is 12.5. The Morgan fingerprint density at radius 2 is 1.68 bits per heavy atom. The number of hydrogen-bond acceptors (Lipinski definition) is 3. The van der Waals surface area contributed by atoms with Gasteiger partial charge in [-0.05, 0) is 31.2 Å². The molecule has 132 valence electrons. The quantitative estimate of drug-likeness (QED) is 0.647. The van der Waals surface area contributed by atoms with E-state index in [0.29, 0.717) is 5.30 Å². The molecule has 2 aromatic rings. The number of rotatable bonds is 6. The van der Waals surface area contributed by atoms with Crippen molar-refractivity contribution in [1.82, 2.24) is 5.32 Å². The number of benzene rings is 2. The summed E-state index contributed by atoms with van der Waals surface area (Å²) in [7, 11) is -3.69. The maximum absolute atomic E-state index is 13.5. The summed E-state index contributed by atoms with van der Waals surface area (Å²) in [5.41, 5.74) is 0.0150. The third-order valence-corrected chi connectivity index (χ3v) is 6.73. The van der Waals surface area contributed by atoms with Gasteiger partial charge in [-0.1, -0.05) is 65.1 Å². The van der Waals surface area contributed by atoms with Crippen LogP contribution in [-0.4, -0.2) is 12.5 Å². The summed E-state index contributed by atoms with van der Waals surface area (Å²) in [5.74, 6) is -0.588. The van der Waals surface area contributed by atoms with Crippen LogP contribution in [0.2, 0.25) is 5.02 Å². The van der Waals surface area contributed by atoms with Crippen molar-refractivity contribution in [2.75, 3.05) is 6.61 Å². The fourth-order valence-corrected chi connectivity index (χ4v) is 5.05. The van der Waals surface area contributed by atoms with E-state index in [4.69, 9.17) is 39.3 Å². The molecule has 0 saturated heterocycles. The molecule has 4 nitrogen and oxygen atoms in total. The van der Waals surface area contributed by atoms with E-state index in [-0.39, 0.29) is 27.1 Å². The molecule has 0 heterocycles. The largest absolute Gasteiger partial charge is 0.321 e. The zero-order valence-electron chi connectivity index (χ0n) is 13.2. The van der Waals surface area contributed by atoms with Crippen LogP contribution in [0.4, 0.5) is 0 Å². The van der Waals surface area contributed by atoms with Crippen molar-refractivity contribution in [1.29, 1.82) is 0 Å². The molecule has 8 heteroatoms. The van der Waals surface area contributed by atoms with Gasteiger partial charge in [0.25, 0.3) is 13.3 Å². The van der Waals surface area contributed by atoms with Crippen LogP contribution >= 0.6 is 42.2 Å². The van der Waals surface area contributed by atoms with Crippen LogP contribution < -0.4 is 10.6 Å². The van der Waals surface area contributed by atoms with Gasteiger partial charge < -0.3 is 9.84 Å². The number of amides is 1. The van der Waals surface area contributed by atoms with E-state index >= 15 is 0 Å². The van der Waals surface area contributed by atoms with E-state index in [2.05, 4.69) is 5.32 Å². The Balaban J connectivity index is 2.46. The van der Waals surface area contributed by atoms with Crippen molar-refractivity contribution in [2.24, 2.45) is 0 Å². The molecule has 0 saturated carbocycles. The monoisotopic (exact) mass is 417 g/mol. The summed E-state index contributed by atoms with van der Waals surface area (Å²) >= 11 is 17.9. The average molecular weight is 419 g/mol. The van der Waals surface area contributed by atoms with Gasteiger partial charge in [0.1, 0.15) is 9.93 Å². The Morgan fingerprint density at radius 1 is 1.08 bits per heavy atom. The number of nitrogens with one attached hydrogen (secondary N) is 1. The van der Waals surface area contributed by atoms with Crippen LogP contribution in [0, 0.1) is 0 Å². The van der Waals surface area contributed by atoms with Gasteiger partial charge >= 0.3 is 0 Å². The first kappa shape index (κ1) is 20.0. The molecule has 0 bridgehead atoms. The average Bonchev–Trinajstić information content (AvgIpc) is 2.60. The number of hydrogen-bond donors (Lipinski definition) is 1. The summed E-state index contributed by atoms with van der Waals surface area (Å²) in [6.07, 6.45) is 0. The topological polar surface area (TPSA) is 55.4 Å². The van der Waals surface area contributed by atoms with Crippen LogP contribution in [0.5, 0.6) is 0 Å². The lowest BCUT2D eigenvalue weighted by molar-refractivity contribution is 0.0967. The molecule has 1 atom stereocenters. The second-order valence-corrected chi connectivity index (χ2v) is 8.53. The van der Waals surface area contributed by atoms with Crippen molar-refractivity contribution < 1.29 is 13.9 Å². The SMILES string of the molecule is CCO[P@](=O)(C(NC(=O)c1ccccc1Cl)=C(Cl)Cl)c1ccccc1. The van der Waals surface area contributed by atoms with Crippen molar-refractivity contribution in [3.05, 3.63) is 75.1 Å². The maximum atomic E-state index is 13.5. The van der Waals surface area contributed by atoms with Crippen molar-refractivity contribution in [3.8, 4) is 0 Å². The van der Waals surface area contributed by atoms with Crippen LogP contribution in [0.1, 0.15) is 17.3 Å². The molecule has 0 aliphatic heterocycles. The summed E-state index contributed by atoms with van der Waals surface area (Å²) in [6.45, 7) is 1.82. The normalized spacial score (nSPS) is 13.0. The van der Waals surface area contributed by atoms with Gasteiger partial charge in [0.15, 0.2) is 0 Å². The second-order valence-electron chi connectivity index (χ2n) is 4.85. The Labute approximate surface area is 161 Å². The van der Waals surface area contributed by atoms with Gasteiger partial charge in [-0.25, -0.2) is 0 Å². The minimum Gasteiger partial charge on any atom is -0.321 e. The zero-order valence-corrected chi connectivity index (χ0v) is 16.4. The maximum Gasteiger partial charge on any atom is 0.279 e. The predicted octanol–water partition coefficient (Wildman–Crippen LogP) is 5.31. The van der Waals surface area contributed by atoms with Gasteiger partial charge in [-0.3, -0.25) is 9.36 Å². The first-order valence-electron chi connectivity index (χ1n) is 7.32. The lowest BCUT2D eigenvalue weighted by atomic mass is 10.2. The molecule has 2 aromatic carbocycles. The lowest BCUT2D eigenvalue weighted by Crippen LogP contribution is -2.27. The van der Waals surface area contributed by atoms with Crippen LogP contribution in [-0.2, 0) is 9.09 Å². The lowest BCUT2D eigenvalue weighted by Gasteiger charge is -2.22. The third-order valence-electron chi connectivity index (χ3n) is 3.23. The molecule has 1 N–H and O–H groups in total. The molecule has 2 rings (SSSR count). The first-order valence-corrected chi connectivity index (χ1v) is 10.1. The Kier molecular flexibility index (Phi) is 7.12. The van der Waals surface area contributed by atoms with Gasteiger partial charge in [0.05, 0.1) is 17.2 Å². The van der Waals surface area contributed by atoms with Gasteiger partial charge in [0, 0.05) is 5.30 Å². The third kappa shape index (κ3) is 4.66. The first-order chi connectivity index (χ1) is 11.9. The van der Waals surface area contributed by atoms with E-state index < -0.39 is 13.3 Å². The highest BCUT2D eigenvalue weighted by molar-refractivity contribution is 7.71.